The van der Waals surface area contributed by atoms with E-state index >= 15 is 0 Å². The van der Waals surface area contributed by atoms with Crippen molar-refractivity contribution in [1.82, 2.24) is 15.3 Å². The summed E-state index contributed by atoms with van der Waals surface area (Å²) in [6.45, 7) is 4.18. The molecule has 1 amide bonds. The van der Waals surface area contributed by atoms with Crippen LogP contribution in [0.5, 0.6) is 0 Å². The summed E-state index contributed by atoms with van der Waals surface area (Å²) in [7, 11) is 0. The van der Waals surface area contributed by atoms with Gasteiger partial charge in [0.25, 0.3) is 5.91 Å². The van der Waals surface area contributed by atoms with Gasteiger partial charge in [-0.25, -0.2) is 4.98 Å². The van der Waals surface area contributed by atoms with Crippen molar-refractivity contribution in [2.24, 2.45) is 0 Å². The van der Waals surface area contributed by atoms with E-state index < -0.39 is 0 Å². The van der Waals surface area contributed by atoms with Crippen LogP contribution in [-0.2, 0) is 6.54 Å². The Hall–Kier alpha value is -2.17. The van der Waals surface area contributed by atoms with Gasteiger partial charge in [-0.3, -0.25) is 9.78 Å². The van der Waals surface area contributed by atoms with E-state index in [1.165, 1.54) is 18.6 Å². The van der Waals surface area contributed by atoms with E-state index in [0.717, 1.165) is 17.1 Å². The Morgan fingerprint density at radius 2 is 2.24 bits per heavy atom. The molecule has 0 aliphatic carbocycles. The first-order valence-corrected chi connectivity index (χ1v) is 5.27. The fourth-order valence-electron chi connectivity index (χ4n) is 1.54. The average Bonchev–Trinajstić information content (AvgIpc) is 2.66. The highest BCUT2D eigenvalue weighted by molar-refractivity contribution is 5.91. The molecule has 0 radical (unpaired) electrons. The second kappa shape index (κ2) is 4.78. The quantitative estimate of drug-likeness (QED) is 0.871. The van der Waals surface area contributed by atoms with Crippen molar-refractivity contribution in [1.29, 1.82) is 0 Å². The Bertz CT molecular complexity index is 520. The van der Waals surface area contributed by atoms with E-state index in [1.807, 2.05) is 19.9 Å². The lowest BCUT2D eigenvalue weighted by molar-refractivity contribution is 0.0945. The summed E-state index contributed by atoms with van der Waals surface area (Å²) in [5.74, 6) is 1.42. The first-order chi connectivity index (χ1) is 8.16. The summed E-state index contributed by atoms with van der Waals surface area (Å²) < 4.78 is 5.37. The molecule has 2 rings (SSSR count). The molecule has 1 N–H and O–H groups in total. The Morgan fingerprint density at radius 3 is 2.82 bits per heavy atom. The van der Waals surface area contributed by atoms with Crippen LogP contribution in [0, 0.1) is 13.8 Å². The maximum Gasteiger partial charge on any atom is 0.271 e. The molecule has 0 aliphatic rings. The Kier molecular flexibility index (Phi) is 3.18. The standard InChI is InChI=1S/C12H13N3O2/c1-8-5-10(9(2)17-8)6-15-12(16)11-7-13-3-4-14-11/h3-5,7H,6H2,1-2H3,(H,15,16). The minimum atomic E-state index is -0.239. The van der Waals surface area contributed by atoms with E-state index in [0.29, 0.717) is 12.2 Å². The lowest BCUT2D eigenvalue weighted by Gasteiger charge is -2.02. The second-order valence-electron chi connectivity index (χ2n) is 3.71. The SMILES string of the molecule is Cc1cc(CNC(=O)c2cnccn2)c(C)o1. The Balaban J connectivity index is 1.99. The van der Waals surface area contributed by atoms with Crippen molar-refractivity contribution >= 4 is 5.91 Å². The minimum Gasteiger partial charge on any atom is -0.466 e. The number of amides is 1. The third-order valence-corrected chi connectivity index (χ3v) is 2.38. The highest BCUT2D eigenvalue weighted by Gasteiger charge is 2.09. The molecule has 0 aromatic carbocycles. The zero-order valence-corrected chi connectivity index (χ0v) is 9.73. The number of rotatable bonds is 3. The van der Waals surface area contributed by atoms with E-state index in [4.69, 9.17) is 4.42 Å². The average molecular weight is 231 g/mol. The fourth-order valence-corrected chi connectivity index (χ4v) is 1.54. The van der Waals surface area contributed by atoms with Gasteiger partial charge >= 0.3 is 0 Å². The van der Waals surface area contributed by atoms with Crippen molar-refractivity contribution in [2.45, 2.75) is 20.4 Å². The van der Waals surface area contributed by atoms with E-state index in [1.54, 1.807) is 0 Å². The molecular weight excluding hydrogens is 218 g/mol. The van der Waals surface area contributed by atoms with E-state index in [2.05, 4.69) is 15.3 Å². The first-order valence-electron chi connectivity index (χ1n) is 5.27. The number of nitrogens with one attached hydrogen (secondary N) is 1. The van der Waals surface area contributed by atoms with Gasteiger partial charge in [0, 0.05) is 24.5 Å². The molecule has 17 heavy (non-hydrogen) atoms. The molecule has 5 nitrogen and oxygen atoms in total. The van der Waals surface area contributed by atoms with Gasteiger partial charge in [0.05, 0.1) is 6.20 Å². The van der Waals surface area contributed by atoms with Crippen LogP contribution in [0.4, 0.5) is 0 Å². The molecule has 88 valence electrons. The van der Waals surface area contributed by atoms with Crippen molar-refractivity contribution in [2.75, 3.05) is 0 Å². The molecule has 0 saturated heterocycles. The van der Waals surface area contributed by atoms with E-state index in [9.17, 15) is 4.79 Å². The van der Waals surface area contributed by atoms with Gasteiger partial charge in [-0.05, 0) is 19.9 Å². The first kappa shape index (κ1) is 11.3. The predicted molar refractivity (Wildman–Crippen MR) is 61.4 cm³/mol. The van der Waals surface area contributed by atoms with E-state index in [-0.39, 0.29) is 5.91 Å². The Labute approximate surface area is 98.9 Å². The zero-order chi connectivity index (χ0) is 12.3. The molecule has 2 heterocycles. The van der Waals surface area contributed by atoms with Gasteiger partial charge in [0.2, 0.25) is 0 Å². The van der Waals surface area contributed by atoms with Crippen LogP contribution in [0.15, 0.2) is 29.1 Å². The molecule has 0 unspecified atom stereocenters. The van der Waals surface area contributed by atoms with Gasteiger partial charge in [-0.15, -0.1) is 0 Å². The van der Waals surface area contributed by atoms with Crippen LogP contribution in [0.2, 0.25) is 0 Å². The summed E-state index contributed by atoms with van der Waals surface area (Å²) in [6.07, 6.45) is 4.45. The van der Waals surface area contributed by atoms with Crippen molar-refractivity contribution in [3.63, 3.8) is 0 Å². The molecule has 0 bridgehead atoms. The summed E-state index contributed by atoms with van der Waals surface area (Å²) in [6, 6.07) is 1.91. The Morgan fingerprint density at radius 1 is 1.41 bits per heavy atom. The van der Waals surface area contributed by atoms with Gasteiger partial charge in [-0.2, -0.15) is 0 Å². The number of hydrogen-bond donors (Lipinski definition) is 1. The monoisotopic (exact) mass is 231 g/mol. The minimum absolute atomic E-state index is 0.239. The molecule has 0 spiro atoms. The number of carbonyl (C=O) groups is 1. The highest BCUT2D eigenvalue weighted by Crippen LogP contribution is 2.13. The smallest absolute Gasteiger partial charge is 0.271 e. The maximum atomic E-state index is 11.7. The van der Waals surface area contributed by atoms with Gasteiger partial charge < -0.3 is 9.73 Å². The van der Waals surface area contributed by atoms with Crippen LogP contribution in [0.25, 0.3) is 0 Å². The molecule has 2 aromatic rings. The number of nitrogens with zero attached hydrogens (tertiary/aromatic N) is 2. The van der Waals surface area contributed by atoms with Crippen molar-refractivity contribution in [3.05, 3.63) is 47.4 Å². The summed E-state index contributed by atoms with van der Waals surface area (Å²) >= 11 is 0. The lowest BCUT2D eigenvalue weighted by atomic mass is 10.2. The summed E-state index contributed by atoms with van der Waals surface area (Å²) in [4.78, 5) is 19.5. The molecule has 0 saturated carbocycles. The largest absolute Gasteiger partial charge is 0.466 e. The summed E-state index contributed by atoms with van der Waals surface area (Å²) in [5.41, 5.74) is 1.28. The molecule has 2 aromatic heterocycles. The topological polar surface area (TPSA) is 68.0 Å². The molecule has 0 atom stereocenters. The normalized spacial score (nSPS) is 10.2. The van der Waals surface area contributed by atoms with Crippen LogP contribution >= 0.6 is 0 Å². The number of carbonyl (C=O) groups excluding carboxylic acids is 1. The third kappa shape index (κ3) is 2.69. The zero-order valence-electron chi connectivity index (χ0n) is 9.73. The van der Waals surface area contributed by atoms with Gasteiger partial charge in [-0.1, -0.05) is 0 Å². The summed E-state index contributed by atoms with van der Waals surface area (Å²) in [5, 5.41) is 2.77. The van der Waals surface area contributed by atoms with Gasteiger partial charge in [0.15, 0.2) is 0 Å². The maximum absolute atomic E-state index is 11.7. The predicted octanol–water partition coefficient (Wildman–Crippen LogP) is 1.62. The van der Waals surface area contributed by atoms with Crippen molar-refractivity contribution < 1.29 is 9.21 Å². The van der Waals surface area contributed by atoms with Crippen LogP contribution in [0.1, 0.15) is 27.6 Å². The van der Waals surface area contributed by atoms with Crippen LogP contribution in [0.3, 0.4) is 0 Å². The van der Waals surface area contributed by atoms with Crippen LogP contribution < -0.4 is 5.32 Å². The number of furan rings is 1. The molecule has 0 fully saturated rings. The third-order valence-electron chi connectivity index (χ3n) is 2.38. The fraction of sp³-hybridized carbons (Fsp3) is 0.250. The molecule has 0 aliphatic heterocycles. The van der Waals surface area contributed by atoms with Crippen molar-refractivity contribution in [3.8, 4) is 0 Å². The van der Waals surface area contributed by atoms with Gasteiger partial charge in [0.1, 0.15) is 17.2 Å². The molecule has 5 heteroatoms. The second-order valence-corrected chi connectivity index (χ2v) is 3.71. The molecular formula is C12H13N3O2. The highest BCUT2D eigenvalue weighted by atomic mass is 16.3. The number of hydrogen-bond acceptors (Lipinski definition) is 4. The van der Waals surface area contributed by atoms with Crippen LogP contribution in [-0.4, -0.2) is 15.9 Å². The number of aryl methyl sites for hydroxylation is 2. The number of aromatic nitrogens is 2. The lowest BCUT2D eigenvalue weighted by Crippen LogP contribution is -2.23.